The minimum Gasteiger partial charge on any atom is -0.507 e. The summed E-state index contributed by atoms with van der Waals surface area (Å²) in [5.41, 5.74) is 0.0593. The number of imide groups is 1. The lowest BCUT2D eigenvalue weighted by Crippen LogP contribution is -2.36. The predicted molar refractivity (Wildman–Crippen MR) is 70.7 cm³/mol. The molecule has 6 nitrogen and oxygen atoms in total. The summed E-state index contributed by atoms with van der Waals surface area (Å²) in [5, 5.41) is 20.7. The van der Waals surface area contributed by atoms with Crippen LogP contribution >= 0.6 is 0 Å². The summed E-state index contributed by atoms with van der Waals surface area (Å²) >= 11 is 0. The quantitative estimate of drug-likeness (QED) is 0.765. The SMILES string of the molecule is CN1CC(C(=O)NC(=O)c2ccccc2O)CC1C#N. The molecule has 2 N–H and O–H groups in total. The van der Waals surface area contributed by atoms with Crippen molar-refractivity contribution in [3.8, 4) is 11.8 Å². The number of carbonyl (C=O) groups excluding carboxylic acids is 2. The Kier molecular flexibility index (Phi) is 4.01. The van der Waals surface area contributed by atoms with Crippen LogP contribution in [0.25, 0.3) is 0 Å². The number of benzene rings is 1. The average Bonchev–Trinajstić information content (AvgIpc) is 2.80. The summed E-state index contributed by atoms with van der Waals surface area (Å²) in [6.07, 6.45) is 0.410. The minimum atomic E-state index is -0.629. The number of carbonyl (C=O) groups is 2. The monoisotopic (exact) mass is 273 g/mol. The maximum atomic E-state index is 12.0. The van der Waals surface area contributed by atoms with Crippen molar-refractivity contribution >= 4 is 11.8 Å². The molecule has 1 aliphatic heterocycles. The number of nitrogens with one attached hydrogen (secondary N) is 1. The van der Waals surface area contributed by atoms with Gasteiger partial charge in [0.05, 0.1) is 23.6 Å². The standard InChI is InChI=1S/C14H15N3O3/c1-17-8-9(6-10(17)7-15)13(19)16-14(20)11-4-2-3-5-12(11)18/h2-5,9-10,18H,6,8H2,1H3,(H,16,19,20). The Balaban J connectivity index is 2.01. The van der Waals surface area contributed by atoms with E-state index in [1.807, 2.05) is 0 Å². The molecule has 0 saturated carbocycles. The predicted octanol–water partition coefficient (Wildman–Crippen LogP) is 0.492. The Bertz CT molecular complexity index is 579. The molecule has 1 heterocycles. The van der Waals surface area contributed by atoms with Crippen LogP contribution in [0, 0.1) is 17.2 Å². The highest BCUT2D eigenvalue weighted by Crippen LogP contribution is 2.22. The molecule has 0 radical (unpaired) electrons. The van der Waals surface area contributed by atoms with Crippen LogP contribution in [0.1, 0.15) is 16.8 Å². The Morgan fingerprint density at radius 3 is 2.75 bits per heavy atom. The smallest absolute Gasteiger partial charge is 0.261 e. The summed E-state index contributed by atoms with van der Waals surface area (Å²) in [6.45, 7) is 0.443. The Morgan fingerprint density at radius 2 is 2.15 bits per heavy atom. The van der Waals surface area contributed by atoms with Crippen molar-refractivity contribution in [1.29, 1.82) is 5.26 Å². The number of rotatable bonds is 2. The molecule has 0 aromatic heterocycles. The number of hydrogen-bond acceptors (Lipinski definition) is 5. The van der Waals surface area contributed by atoms with Crippen molar-refractivity contribution in [1.82, 2.24) is 10.2 Å². The molecule has 0 spiro atoms. The van der Waals surface area contributed by atoms with Crippen LogP contribution in [-0.4, -0.2) is 41.5 Å². The molecule has 2 rings (SSSR count). The van der Waals surface area contributed by atoms with Gasteiger partial charge in [0.1, 0.15) is 5.75 Å². The van der Waals surface area contributed by atoms with Crippen molar-refractivity contribution in [2.24, 2.45) is 5.92 Å². The van der Waals surface area contributed by atoms with Crippen LogP contribution in [0.4, 0.5) is 0 Å². The first-order valence-electron chi connectivity index (χ1n) is 6.26. The van der Waals surface area contributed by atoms with E-state index in [9.17, 15) is 14.7 Å². The first-order chi connectivity index (χ1) is 9.52. The highest BCUT2D eigenvalue weighted by atomic mass is 16.3. The summed E-state index contributed by atoms with van der Waals surface area (Å²) in [6, 6.07) is 7.84. The third-order valence-electron chi connectivity index (χ3n) is 3.45. The normalized spacial score (nSPS) is 22.2. The van der Waals surface area contributed by atoms with Crippen LogP contribution in [0.5, 0.6) is 5.75 Å². The second-order valence-electron chi connectivity index (χ2n) is 4.85. The molecular formula is C14H15N3O3. The number of nitrogens with zero attached hydrogens (tertiary/aromatic N) is 2. The van der Waals surface area contributed by atoms with E-state index in [0.29, 0.717) is 13.0 Å². The van der Waals surface area contributed by atoms with Gasteiger partial charge in [0.15, 0.2) is 0 Å². The van der Waals surface area contributed by atoms with Crippen molar-refractivity contribution in [3.63, 3.8) is 0 Å². The van der Waals surface area contributed by atoms with E-state index in [-0.39, 0.29) is 23.3 Å². The maximum Gasteiger partial charge on any atom is 0.261 e. The molecule has 1 saturated heterocycles. The van der Waals surface area contributed by atoms with Crippen molar-refractivity contribution in [2.75, 3.05) is 13.6 Å². The van der Waals surface area contributed by atoms with Gasteiger partial charge in [-0.2, -0.15) is 5.26 Å². The van der Waals surface area contributed by atoms with Gasteiger partial charge in [0.25, 0.3) is 5.91 Å². The first kappa shape index (κ1) is 14.0. The van der Waals surface area contributed by atoms with E-state index in [0.717, 1.165) is 0 Å². The largest absolute Gasteiger partial charge is 0.507 e. The van der Waals surface area contributed by atoms with Gasteiger partial charge < -0.3 is 5.11 Å². The van der Waals surface area contributed by atoms with E-state index in [4.69, 9.17) is 5.26 Å². The molecule has 2 atom stereocenters. The number of phenolic OH excluding ortho intramolecular Hbond substituents is 1. The summed E-state index contributed by atoms with van der Waals surface area (Å²) in [4.78, 5) is 25.7. The highest BCUT2D eigenvalue weighted by Gasteiger charge is 2.34. The van der Waals surface area contributed by atoms with Crippen LogP contribution < -0.4 is 5.32 Å². The van der Waals surface area contributed by atoms with Crippen LogP contribution in [0.3, 0.4) is 0 Å². The van der Waals surface area contributed by atoms with Gasteiger partial charge in [-0.05, 0) is 25.6 Å². The molecule has 1 aromatic rings. The molecule has 2 amide bonds. The average molecular weight is 273 g/mol. The molecule has 1 aromatic carbocycles. The second kappa shape index (κ2) is 5.72. The van der Waals surface area contributed by atoms with Gasteiger partial charge in [-0.1, -0.05) is 12.1 Å². The lowest BCUT2D eigenvalue weighted by Gasteiger charge is -2.11. The lowest BCUT2D eigenvalue weighted by atomic mass is 10.1. The number of para-hydroxylation sites is 1. The summed E-state index contributed by atoms with van der Waals surface area (Å²) in [5.74, 6) is -1.60. The summed E-state index contributed by atoms with van der Waals surface area (Å²) in [7, 11) is 1.77. The van der Waals surface area contributed by atoms with Gasteiger partial charge in [-0.3, -0.25) is 19.8 Å². The van der Waals surface area contributed by atoms with Crippen LogP contribution in [0.2, 0.25) is 0 Å². The van der Waals surface area contributed by atoms with E-state index >= 15 is 0 Å². The first-order valence-corrected chi connectivity index (χ1v) is 6.26. The third kappa shape index (κ3) is 2.78. The molecule has 6 heteroatoms. The molecule has 0 aliphatic carbocycles. The van der Waals surface area contributed by atoms with E-state index in [2.05, 4.69) is 11.4 Å². The van der Waals surface area contributed by atoms with Crippen molar-refractivity contribution in [3.05, 3.63) is 29.8 Å². The van der Waals surface area contributed by atoms with Gasteiger partial charge >= 0.3 is 0 Å². The van der Waals surface area contributed by atoms with Crippen molar-refractivity contribution in [2.45, 2.75) is 12.5 Å². The zero-order chi connectivity index (χ0) is 14.7. The molecule has 20 heavy (non-hydrogen) atoms. The fourth-order valence-electron chi connectivity index (χ4n) is 2.29. The lowest BCUT2D eigenvalue weighted by molar-refractivity contribution is -0.123. The molecular weight excluding hydrogens is 258 g/mol. The molecule has 104 valence electrons. The number of phenols is 1. The topological polar surface area (TPSA) is 93.4 Å². The van der Waals surface area contributed by atoms with E-state index in [1.54, 1.807) is 24.1 Å². The Morgan fingerprint density at radius 1 is 1.45 bits per heavy atom. The molecule has 0 bridgehead atoms. The maximum absolute atomic E-state index is 12.0. The molecule has 1 aliphatic rings. The Hall–Kier alpha value is -2.39. The molecule has 2 unspecified atom stereocenters. The zero-order valence-corrected chi connectivity index (χ0v) is 11.0. The molecule has 1 fully saturated rings. The van der Waals surface area contributed by atoms with Gasteiger partial charge in [0.2, 0.25) is 5.91 Å². The number of hydrogen-bond donors (Lipinski definition) is 2. The zero-order valence-electron chi connectivity index (χ0n) is 11.0. The highest BCUT2D eigenvalue weighted by molar-refractivity contribution is 6.06. The van der Waals surface area contributed by atoms with Gasteiger partial charge in [0, 0.05) is 6.54 Å². The number of likely N-dealkylation sites (tertiary alicyclic amines) is 1. The van der Waals surface area contributed by atoms with Gasteiger partial charge in [-0.15, -0.1) is 0 Å². The number of aromatic hydroxyl groups is 1. The summed E-state index contributed by atoms with van der Waals surface area (Å²) < 4.78 is 0. The number of nitriles is 1. The van der Waals surface area contributed by atoms with Crippen LogP contribution in [0.15, 0.2) is 24.3 Å². The minimum absolute atomic E-state index is 0.0593. The fraction of sp³-hybridized carbons (Fsp3) is 0.357. The Labute approximate surface area is 116 Å². The van der Waals surface area contributed by atoms with Crippen molar-refractivity contribution < 1.29 is 14.7 Å². The van der Waals surface area contributed by atoms with E-state index in [1.165, 1.54) is 12.1 Å². The third-order valence-corrected chi connectivity index (χ3v) is 3.45. The van der Waals surface area contributed by atoms with E-state index < -0.39 is 11.8 Å². The van der Waals surface area contributed by atoms with Crippen LogP contribution in [-0.2, 0) is 4.79 Å². The number of amides is 2. The second-order valence-corrected chi connectivity index (χ2v) is 4.85. The fourth-order valence-corrected chi connectivity index (χ4v) is 2.29. The van der Waals surface area contributed by atoms with Gasteiger partial charge in [-0.25, -0.2) is 0 Å².